The highest BCUT2D eigenvalue weighted by molar-refractivity contribution is 5.93. The largest absolute Gasteiger partial charge is 0.343 e. The van der Waals surface area contributed by atoms with E-state index in [4.69, 9.17) is 5.84 Å². The lowest BCUT2D eigenvalue weighted by Gasteiger charge is -2.07. The van der Waals surface area contributed by atoms with Crippen LogP contribution < -0.4 is 11.3 Å². The molecule has 0 aliphatic rings. The van der Waals surface area contributed by atoms with Crippen LogP contribution >= 0.6 is 0 Å². The molecule has 0 saturated heterocycles. The van der Waals surface area contributed by atoms with Crippen LogP contribution in [0.25, 0.3) is 10.9 Å². The first-order chi connectivity index (χ1) is 10.2. The molecule has 3 N–H and O–H groups in total. The molecule has 0 aliphatic heterocycles. The van der Waals surface area contributed by atoms with Gasteiger partial charge < -0.3 is 4.57 Å². The predicted octanol–water partition coefficient (Wildman–Crippen LogP) is 2.60. The standard InChI is InChI=1S/C17H17N3O/c1-12-3-2-4-16-15(12)9-10-20(16)11-13-5-7-14(8-6-13)17(21)19-18/h2-10H,11,18H2,1H3,(H,19,21). The van der Waals surface area contributed by atoms with Gasteiger partial charge in [0.05, 0.1) is 0 Å². The highest BCUT2D eigenvalue weighted by Crippen LogP contribution is 2.20. The lowest BCUT2D eigenvalue weighted by molar-refractivity contribution is 0.0953. The summed E-state index contributed by atoms with van der Waals surface area (Å²) in [6.07, 6.45) is 2.10. The van der Waals surface area contributed by atoms with Crippen LogP contribution in [-0.2, 0) is 6.54 Å². The van der Waals surface area contributed by atoms with Crippen LogP contribution in [0.15, 0.2) is 54.7 Å². The summed E-state index contributed by atoms with van der Waals surface area (Å²) >= 11 is 0. The number of nitrogens with two attached hydrogens (primary N) is 1. The average Bonchev–Trinajstić information content (AvgIpc) is 2.92. The minimum Gasteiger partial charge on any atom is -0.343 e. The number of fused-ring (bicyclic) bond motifs is 1. The molecular weight excluding hydrogens is 262 g/mol. The lowest BCUT2D eigenvalue weighted by Crippen LogP contribution is -2.29. The second-order valence-corrected chi connectivity index (χ2v) is 5.12. The second kappa shape index (κ2) is 5.42. The minimum absolute atomic E-state index is 0.274. The molecule has 106 valence electrons. The van der Waals surface area contributed by atoms with Gasteiger partial charge in [-0.05, 0) is 42.3 Å². The van der Waals surface area contributed by atoms with Gasteiger partial charge in [0.15, 0.2) is 0 Å². The summed E-state index contributed by atoms with van der Waals surface area (Å²) in [5.41, 5.74) is 6.34. The van der Waals surface area contributed by atoms with E-state index in [1.807, 2.05) is 12.1 Å². The smallest absolute Gasteiger partial charge is 0.265 e. The fraction of sp³-hybridized carbons (Fsp3) is 0.118. The van der Waals surface area contributed by atoms with Crippen molar-refractivity contribution in [3.8, 4) is 0 Å². The van der Waals surface area contributed by atoms with Crippen molar-refractivity contribution in [1.82, 2.24) is 9.99 Å². The summed E-state index contributed by atoms with van der Waals surface area (Å²) < 4.78 is 2.21. The number of carbonyl (C=O) groups is 1. The van der Waals surface area contributed by atoms with Crippen molar-refractivity contribution in [2.24, 2.45) is 5.84 Å². The van der Waals surface area contributed by atoms with Crippen molar-refractivity contribution >= 4 is 16.8 Å². The van der Waals surface area contributed by atoms with E-state index in [-0.39, 0.29) is 5.91 Å². The molecule has 0 spiro atoms. The van der Waals surface area contributed by atoms with Crippen LogP contribution in [0, 0.1) is 6.92 Å². The second-order valence-electron chi connectivity index (χ2n) is 5.12. The number of aromatic nitrogens is 1. The van der Waals surface area contributed by atoms with Crippen molar-refractivity contribution in [3.05, 3.63) is 71.4 Å². The monoisotopic (exact) mass is 279 g/mol. The van der Waals surface area contributed by atoms with E-state index >= 15 is 0 Å². The maximum Gasteiger partial charge on any atom is 0.265 e. The Kier molecular flexibility index (Phi) is 3.46. The SMILES string of the molecule is Cc1cccc2c1ccn2Cc1ccc(C(=O)NN)cc1. The van der Waals surface area contributed by atoms with Crippen LogP contribution in [0.2, 0.25) is 0 Å². The molecule has 0 atom stereocenters. The number of hydrazine groups is 1. The summed E-state index contributed by atoms with van der Waals surface area (Å²) in [5.74, 6) is 4.85. The van der Waals surface area contributed by atoms with Crippen LogP contribution in [-0.4, -0.2) is 10.5 Å². The number of benzene rings is 2. The number of nitrogen functional groups attached to an aromatic ring is 1. The zero-order valence-corrected chi connectivity index (χ0v) is 11.8. The topological polar surface area (TPSA) is 60.0 Å². The molecule has 0 bridgehead atoms. The zero-order chi connectivity index (χ0) is 14.8. The van der Waals surface area contributed by atoms with E-state index < -0.39 is 0 Å². The summed E-state index contributed by atoms with van der Waals surface area (Å²) in [4.78, 5) is 11.4. The van der Waals surface area contributed by atoms with Crippen molar-refractivity contribution < 1.29 is 4.79 Å². The average molecular weight is 279 g/mol. The number of carbonyl (C=O) groups excluding carboxylic acids is 1. The summed E-state index contributed by atoms with van der Waals surface area (Å²) in [6, 6.07) is 15.9. The fourth-order valence-electron chi connectivity index (χ4n) is 2.56. The van der Waals surface area contributed by atoms with Gasteiger partial charge in [0.1, 0.15) is 0 Å². The van der Waals surface area contributed by atoms with Crippen LogP contribution in [0.3, 0.4) is 0 Å². The van der Waals surface area contributed by atoms with Crippen molar-refractivity contribution in [2.75, 3.05) is 0 Å². The van der Waals surface area contributed by atoms with Gasteiger partial charge in [0.2, 0.25) is 0 Å². The van der Waals surface area contributed by atoms with Gasteiger partial charge in [0.25, 0.3) is 5.91 Å². The predicted molar refractivity (Wildman–Crippen MR) is 83.9 cm³/mol. The lowest BCUT2D eigenvalue weighted by atomic mass is 10.1. The number of hydrogen-bond donors (Lipinski definition) is 2. The summed E-state index contributed by atoms with van der Waals surface area (Å²) in [6.45, 7) is 2.89. The molecule has 2 aromatic carbocycles. The highest BCUT2D eigenvalue weighted by Gasteiger charge is 2.05. The van der Waals surface area contributed by atoms with E-state index in [0.717, 1.165) is 12.1 Å². The van der Waals surface area contributed by atoms with Gasteiger partial charge >= 0.3 is 0 Å². The molecule has 3 rings (SSSR count). The molecule has 1 heterocycles. The van der Waals surface area contributed by atoms with Crippen LogP contribution in [0.4, 0.5) is 0 Å². The molecule has 1 aromatic heterocycles. The van der Waals surface area contributed by atoms with Crippen molar-refractivity contribution in [2.45, 2.75) is 13.5 Å². The number of hydrogen-bond acceptors (Lipinski definition) is 2. The first-order valence-corrected chi connectivity index (χ1v) is 6.83. The Morgan fingerprint density at radius 2 is 1.90 bits per heavy atom. The van der Waals surface area contributed by atoms with Gasteiger partial charge in [0, 0.05) is 29.2 Å². The number of aryl methyl sites for hydroxylation is 1. The third-order valence-corrected chi connectivity index (χ3v) is 3.73. The van der Waals surface area contributed by atoms with Gasteiger partial charge in [-0.1, -0.05) is 24.3 Å². The van der Waals surface area contributed by atoms with E-state index in [9.17, 15) is 4.79 Å². The highest BCUT2D eigenvalue weighted by atomic mass is 16.2. The Bertz CT molecular complexity index is 787. The van der Waals surface area contributed by atoms with Crippen molar-refractivity contribution in [3.63, 3.8) is 0 Å². The molecule has 0 unspecified atom stereocenters. The van der Waals surface area contributed by atoms with E-state index in [0.29, 0.717) is 5.56 Å². The summed E-state index contributed by atoms with van der Waals surface area (Å²) in [7, 11) is 0. The third kappa shape index (κ3) is 2.53. The Hall–Kier alpha value is -2.59. The first kappa shape index (κ1) is 13.4. The zero-order valence-electron chi connectivity index (χ0n) is 11.8. The molecule has 0 radical (unpaired) electrons. The minimum atomic E-state index is -0.274. The Morgan fingerprint density at radius 1 is 1.14 bits per heavy atom. The van der Waals surface area contributed by atoms with Gasteiger partial charge in [-0.25, -0.2) is 5.84 Å². The normalized spacial score (nSPS) is 10.8. The van der Waals surface area contributed by atoms with Crippen LogP contribution in [0.1, 0.15) is 21.5 Å². The van der Waals surface area contributed by atoms with Gasteiger partial charge in [-0.15, -0.1) is 0 Å². The number of nitrogens with zero attached hydrogens (tertiary/aromatic N) is 1. The fourth-order valence-corrected chi connectivity index (χ4v) is 2.56. The molecule has 0 saturated carbocycles. The molecule has 4 heteroatoms. The molecule has 4 nitrogen and oxygen atoms in total. The molecule has 1 amide bonds. The Labute approximate surface area is 123 Å². The molecule has 21 heavy (non-hydrogen) atoms. The van der Waals surface area contributed by atoms with Gasteiger partial charge in [-0.3, -0.25) is 10.2 Å². The van der Waals surface area contributed by atoms with Crippen LogP contribution in [0.5, 0.6) is 0 Å². The molecular formula is C17H17N3O. The first-order valence-electron chi connectivity index (χ1n) is 6.83. The maximum atomic E-state index is 11.4. The van der Waals surface area contributed by atoms with Gasteiger partial charge in [-0.2, -0.15) is 0 Å². The summed E-state index contributed by atoms with van der Waals surface area (Å²) in [5, 5.41) is 1.27. The number of nitrogens with one attached hydrogen (secondary N) is 1. The number of rotatable bonds is 3. The molecule has 3 aromatic rings. The molecule has 0 fully saturated rings. The number of amides is 1. The molecule has 0 aliphatic carbocycles. The third-order valence-electron chi connectivity index (χ3n) is 3.73. The Morgan fingerprint density at radius 3 is 2.62 bits per heavy atom. The Balaban J connectivity index is 1.88. The maximum absolute atomic E-state index is 11.4. The van der Waals surface area contributed by atoms with E-state index in [1.165, 1.54) is 16.5 Å². The van der Waals surface area contributed by atoms with Crippen molar-refractivity contribution in [1.29, 1.82) is 0 Å². The quantitative estimate of drug-likeness (QED) is 0.440. The van der Waals surface area contributed by atoms with E-state index in [1.54, 1.807) is 12.1 Å². The van der Waals surface area contributed by atoms with E-state index in [2.05, 4.69) is 47.4 Å².